The van der Waals surface area contributed by atoms with Crippen molar-refractivity contribution in [2.45, 2.75) is 76.1 Å². The van der Waals surface area contributed by atoms with Crippen LogP contribution < -0.4 is 4.90 Å². The van der Waals surface area contributed by atoms with Gasteiger partial charge in [-0.15, -0.1) is 0 Å². The van der Waals surface area contributed by atoms with E-state index in [1.165, 1.54) is 0 Å². The monoisotopic (exact) mass is 463 g/mol. The van der Waals surface area contributed by atoms with Gasteiger partial charge in [0.1, 0.15) is 5.82 Å². The van der Waals surface area contributed by atoms with Gasteiger partial charge in [-0.05, 0) is 74.4 Å². The van der Waals surface area contributed by atoms with Gasteiger partial charge in [0, 0.05) is 37.9 Å². The van der Waals surface area contributed by atoms with Crippen LogP contribution in [0.4, 0.5) is 5.82 Å². The lowest BCUT2D eigenvalue weighted by molar-refractivity contribution is -0.130. The molecule has 3 aliphatic rings. The molecule has 0 radical (unpaired) electrons. The van der Waals surface area contributed by atoms with Gasteiger partial charge in [-0.2, -0.15) is 0 Å². The topological polar surface area (TPSA) is 65.9 Å². The molecule has 5 rings (SSSR count). The summed E-state index contributed by atoms with van der Waals surface area (Å²) in [5.74, 6) is 1.08. The lowest BCUT2D eigenvalue weighted by Gasteiger charge is -2.50. The molecule has 2 aromatic rings. The first-order valence-electron chi connectivity index (χ1n) is 12.9. The Morgan fingerprint density at radius 3 is 2.56 bits per heavy atom. The number of carbonyl (C=O) groups excluding carboxylic acids is 1. The van der Waals surface area contributed by atoms with Crippen LogP contribution in [0.1, 0.15) is 73.4 Å². The fourth-order valence-corrected chi connectivity index (χ4v) is 6.14. The van der Waals surface area contributed by atoms with Crippen LogP contribution >= 0.6 is 0 Å². The maximum Gasteiger partial charge on any atom is 0.253 e. The highest BCUT2D eigenvalue weighted by Gasteiger charge is 2.44. The normalized spacial score (nSPS) is 23.9. The van der Waals surface area contributed by atoms with Gasteiger partial charge in [-0.1, -0.05) is 31.9 Å². The number of ether oxygens (including phenoxy) is 1. The zero-order chi connectivity index (χ0) is 23.8. The van der Waals surface area contributed by atoms with E-state index in [4.69, 9.17) is 4.74 Å². The van der Waals surface area contributed by atoms with Crippen LogP contribution in [0.15, 0.2) is 42.6 Å². The molecular formula is C28H37N3O3. The first kappa shape index (κ1) is 23.3. The maximum absolute atomic E-state index is 13.3. The Bertz CT molecular complexity index is 1010. The first-order chi connectivity index (χ1) is 16.4. The number of anilines is 1. The molecule has 2 saturated heterocycles. The number of aryl methyl sites for hydroxylation is 1. The molecule has 1 aromatic heterocycles. The molecule has 1 unspecified atom stereocenters. The largest absolute Gasteiger partial charge is 0.385 e. The number of piperidine rings is 1. The molecule has 6 heteroatoms. The van der Waals surface area contributed by atoms with E-state index in [9.17, 15) is 9.90 Å². The fraction of sp³-hybridized carbons (Fsp3) is 0.571. The summed E-state index contributed by atoms with van der Waals surface area (Å²) in [7, 11) is 0. The molecule has 1 spiro atoms. The standard InChI is InChI=1S/C28H37N3O3/c1-3-23-19-31(25-8-4-7-15-29-25)20-27(34-23)13-16-30(17-14-27)26(32)22-9-10-24(21(2)18-22)28(33)11-5-6-12-28/h4,7-10,15,18,23,33H,3,5-6,11-14,16-17,19-20H2,1-2H3. The SMILES string of the molecule is CCC1CN(c2ccccn2)CC2(CCN(C(=O)c3ccc(C4(O)CCCC4)c(C)c3)CC2)O1. The predicted molar refractivity (Wildman–Crippen MR) is 133 cm³/mol. The zero-order valence-electron chi connectivity index (χ0n) is 20.5. The molecule has 1 atom stereocenters. The van der Waals surface area contributed by atoms with Crippen molar-refractivity contribution in [2.75, 3.05) is 31.1 Å². The van der Waals surface area contributed by atoms with Crippen molar-refractivity contribution in [1.82, 2.24) is 9.88 Å². The van der Waals surface area contributed by atoms with Crippen molar-refractivity contribution < 1.29 is 14.6 Å². The third kappa shape index (κ3) is 4.46. The second-order valence-electron chi connectivity index (χ2n) is 10.5. The molecule has 34 heavy (non-hydrogen) atoms. The van der Waals surface area contributed by atoms with Gasteiger partial charge < -0.3 is 19.6 Å². The van der Waals surface area contributed by atoms with E-state index in [0.717, 1.165) is 75.0 Å². The smallest absolute Gasteiger partial charge is 0.253 e. The van der Waals surface area contributed by atoms with Crippen LogP contribution in [-0.4, -0.2) is 58.8 Å². The molecule has 182 valence electrons. The molecule has 1 amide bonds. The van der Waals surface area contributed by atoms with Gasteiger partial charge in [0.05, 0.1) is 17.3 Å². The molecule has 6 nitrogen and oxygen atoms in total. The van der Waals surface area contributed by atoms with Crippen molar-refractivity contribution in [3.63, 3.8) is 0 Å². The first-order valence-corrected chi connectivity index (χ1v) is 12.9. The van der Waals surface area contributed by atoms with Gasteiger partial charge in [0.2, 0.25) is 0 Å². The number of morpholine rings is 1. The number of hydrogen-bond donors (Lipinski definition) is 1. The second-order valence-corrected chi connectivity index (χ2v) is 10.5. The lowest BCUT2D eigenvalue weighted by Crippen LogP contribution is -2.60. The zero-order valence-corrected chi connectivity index (χ0v) is 20.5. The van der Waals surface area contributed by atoms with Crippen LogP contribution in [-0.2, 0) is 10.3 Å². The molecule has 1 aliphatic carbocycles. The number of amides is 1. The molecule has 3 heterocycles. The molecule has 0 bridgehead atoms. The Kier molecular flexibility index (Phi) is 6.38. The molecule has 1 saturated carbocycles. The summed E-state index contributed by atoms with van der Waals surface area (Å²) in [4.78, 5) is 22.2. The van der Waals surface area contributed by atoms with Crippen molar-refractivity contribution in [3.8, 4) is 0 Å². The Morgan fingerprint density at radius 2 is 1.91 bits per heavy atom. The van der Waals surface area contributed by atoms with Crippen LogP contribution in [0.2, 0.25) is 0 Å². The summed E-state index contributed by atoms with van der Waals surface area (Å²) in [5, 5.41) is 11.0. The third-order valence-corrected chi connectivity index (χ3v) is 8.12. The van der Waals surface area contributed by atoms with E-state index in [0.29, 0.717) is 18.7 Å². The fourth-order valence-electron chi connectivity index (χ4n) is 6.14. The van der Waals surface area contributed by atoms with Crippen LogP contribution in [0, 0.1) is 6.92 Å². The minimum Gasteiger partial charge on any atom is -0.385 e. The molecule has 1 aromatic carbocycles. The highest BCUT2D eigenvalue weighted by Crippen LogP contribution is 2.40. The highest BCUT2D eigenvalue weighted by molar-refractivity contribution is 5.94. The average molecular weight is 464 g/mol. The number of rotatable bonds is 4. The number of carbonyl (C=O) groups is 1. The predicted octanol–water partition coefficient (Wildman–Crippen LogP) is 4.44. The van der Waals surface area contributed by atoms with Crippen LogP contribution in [0.3, 0.4) is 0 Å². The van der Waals surface area contributed by atoms with Crippen LogP contribution in [0.5, 0.6) is 0 Å². The van der Waals surface area contributed by atoms with Crippen molar-refractivity contribution in [1.29, 1.82) is 0 Å². The Balaban J connectivity index is 1.27. The number of nitrogens with zero attached hydrogens (tertiary/aromatic N) is 3. The molecule has 3 fully saturated rings. The van der Waals surface area contributed by atoms with Crippen LogP contribution in [0.25, 0.3) is 0 Å². The number of pyridine rings is 1. The van der Waals surface area contributed by atoms with E-state index >= 15 is 0 Å². The second kappa shape index (κ2) is 9.31. The quantitative estimate of drug-likeness (QED) is 0.726. The summed E-state index contributed by atoms with van der Waals surface area (Å²) >= 11 is 0. The van der Waals surface area contributed by atoms with E-state index in [1.807, 2.05) is 48.4 Å². The van der Waals surface area contributed by atoms with E-state index in [2.05, 4.69) is 22.9 Å². The van der Waals surface area contributed by atoms with Gasteiger partial charge in [0.15, 0.2) is 0 Å². The van der Waals surface area contributed by atoms with Crippen molar-refractivity contribution in [2.24, 2.45) is 0 Å². The van der Waals surface area contributed by atoms with Gasteiger partial charge in [0.25, 0.3) is 5.91 Å². The summed E-state index contributed by atoms with van der Waals surface area (Å²) < 4.78 is 6.62. The number of aliphatic hydroxyl groups is 1. The highest BCUT2D eigenvalue weighted by atomic mass is 16.5. The Labute approximate surface area is 202 Å². The number of likely N-dealkylation sites (tertiary alicyclic amines) is 1. The molecular weight excluding hydrogens is 426 g/mol. The molecule has 1 N–H and O–H groups in total. The van der Waals surface area contributed by atoms with E-state index in [1.54, 1.807) is 0 Å². The minimum absolute atomic E-state index is 0.0762. The summed E-state index contributed by atoms with van der Waals surface area (Å²) in [6, 6.07) is 11.9. The van der Waals surface area contributed by atoms with E-state index < -0.39 is 5.60 Å². The number of benzene rings is 1. The summed E-state index contributed by atoms with van der Waals surface area (Å²) in [5.41, 5.74) is 1.74. The van der Waals surface area contributed by atoms with E-state index in [-0.39, 0.29) is 17.6 Å². The average Bonchev–Trinajstić information content (AvgIpc) is 3.31. The maximum atomic E-state index is 13.3. The number of aromatic nitrogens is 1. The number of hydrogen-bond acceptors (Lipinski definition) is 5. The molecule has 2 aliphatic heterocycles. The third-order valence-electron chi connectivity index (χ3n) is 8.12. The van der Waals surface area contributed by atoms with Gasteiger partial charge >= 0.3 is 0 Å². The Morgan fingerprint density at radius 1 is 1.15 bits per heavy atom. The Hall–Kier alpha value is -2.44. The summed E-state index contributed by atoms with van der Waals surface area (Å²) in [6.07, 6.45) is 8.38. The minimum atomic E-state index is -0.725. The van der Waals surface area contributed by atoms with Gasteiger partial charge in [-0.3, -0.25) is 4.79 Å². The van der Waals surface area contributed by atoms with Crippen molar-refractivity contribution in [3.05, 3.63) is 59.3 Å². The lowest BCUT2D eigenvalue weighted by atomic mass is 9.86. The summed E-state index contributed by atoms with van der Waals surface area (Å²) in [6.45, 7) is 7.24. The van der Waals surface area contributed by atoms with Crippen molar-refractivity contribution >= 4 is 11.7 Å². The van der Waals surface area contributed by atoms with Gasteiger partial charge in [-0.25, -0.2) is 4.98 Å².